The molecule has 2 fully saturated rings. The molecule has 4 nitrogen and oxygen atoms in total. The molecule has 30 heavy (non-hydrogen) atoms. The molecular formula is C26H43NO3. The third kappa shape index (κ3) is 4.21. The minimum atomic E-state index is -0.538. The van der Waals surface area contributed by atoms with Crippen LogP contribution < -0.4 is 0 Å². The second-order valence-electron chi connectivity index (χ2n) is 10.4. The first-order valence-corrected chi connectivity index (χ1v) is 11.9. The lowest BCUT2D eigenvalue weighted by atomic mass is 9.67. The van der Waals surface area contributed by atoms with E-state index in [0.29, 0.717) is 6.61 Å². The summed E-state index contributed by atoms with van der Waals surface area (Å²) in [7, 11) is 0. The first-order valence-electron chi connectivity index (χ1n) is 11.9. The largest absolute Gasteiger partial charge is 0.349 e. The van der Waals surface area contributed by atoms with Crippen LogP contribution in [-0.2, 0) is 20.7 Å². The van der Waals surface area contributed by atoms with Gasteiger partial charge >= 0.3 is 0 Å². The number of ether oxygens (including phenoxy) is 2. The van der Waals surface area contributed by atoms with Crippen molar-refractivity contribution in [2.75, 3.05) is 19.8 Å². The van der Waals surface area contributed by atoms with E-state index in [4.69, 9.17) is 14.3 Å². The number of hydrogen-bond acceptors (Lipinski definition) is 4. The number of hydroxylamine groups is 2. The van der Waals surface area contributed by atoms with Crippen molar-refractivity contribution in [2.24, 2.45) is 11.3 Å². The Morgan fingerprint density at radius 3 is 2.13 bits per heavy atom. The Labute approximate surface area is 184 Å². The van der Waals surface area contributed by atoms with Crippen molar-refractivity contribution in [3.8, 4) is 0 Å². The number of hydrogen-bond donors (Lipinski definition) is 0. The predicted octanol–water partition coefficient (Wildman–Crippen LogP) is 6.00. The number of piperidine rings is 1. The maximum Gasteiger partial charge on any atom is 0.174 e. The molecule has 0 N–H and O–H groups in total. The number of nitrogens with zero attached hydrogens (tertiary/aromatic N) is 1. The minimum absolute atomic E-state index is 0.111. The Morgan fingerprint density at radius 2 is 1.60 bits per heavy atom. The number of rotatable bonds is 7. The zero-order valence-electron chi connectivity index (χ0n) is 20.3. The fourth-order valence-corrected chi connectivity index (χ4v) is 5.18. The zero-order chi connectivity index (χ0) is 22.0. The van der Waals surface area contributed by atoms with E-state index in [0.717, 1.165) is 45.3 Å². The molecule has 0 bridgehead atoms. The Morgan fingerprint density at radius 1 is 0.967 bits per heavy atom. The van der Waals surface area contributed by atoms with Gasteiger partial charge in [-0.05, 0) is 45.1 Å². The Kier molecular flexibility index (Phi) is 7.03. The Balaban J connectivity index is 1.82. The lowest BCUT2D eigenvalue weighted by molar-refractivity contribution is -0.409. The third-order valence-electron chi connectivity index (χ3n) is 8.29. The van der Waals surface area contributed by atoms with Gasteiger partial charge in [0.25, 0.3) is 0 Å². The van der Waals surface area contributed by atoms with Crippen LogP contribution in [0.25, 0.3) is 0 Å². The molecule has 170 valence electrons. The summed E-state index contributed by atoms with van der Waals surface area (Å²) < 4.78 is 13.3. The third-order valence-corrected chi connectivity index (χ3v) is 8.29. The highest BCUT2D eigenvalue weighted by Gasteiger charge is 2.63. The molecular weight excluding hydrogens is 374 g/mol. The molecule has 2 heterocycles. The van der Waals surface area contributed by atoms with Crippen LogP contribution in [-0.4, -0.2) is 41.7 Å². The fourth-order valence-electron chi connectivity index (χ4n) is 5.18. The molecule has 1 aromatic carbocycles. The summed E-state index contributed by atoms with van der Waals surface area (Å²) >= 11 is 0. The van der Waals surface area contributed by atoms with Crippen molar-refractivity contribution >= 4 is 0 Å². The molecule has 0 aliphatic carbocycles. The van der Waals surface area contributed by atoms with Crippen LogP contribution in [0.15, 0.2) is 30.3 Å². The fraction of sp³-hybridized carbons (Fsp3) is 0.769. The highest BCUT2D eigenvalue weighted by molar-refractivity contribution is 5.15. The van der Waals surface area contributed by atoms with E-state index >= 15 is 0 Å². The second-order valence-corrected chi connectivity index (χ2v) is 10.4. The van der Waals surface area contributed by atoms with Gasteiger partial charge < -0.3 is 9.47 Å². The molecule has 0 amide bonds. The van der Waals surface area contributed by atoms with Crippen LogP contribution in [0, 0.1) is 11.3 Å². The van der Waals surface area contributed by atoms with Crippen molar-refractivity contribution in [3.05, 3.63) is 35.9 Å². The van der Waals surface area contributed by atoms with Crippen molar-refractivity contribution in [1.29, 1.82) is 0 Å². The van der Waals surface area contributed by atoms with Crippen LogP contribution in [0.4, 0.5) is 0 Å². The summed E-state index contributed by atoms with van der Waals surface area (Å²) in [5.74, 6) is -0.337. The predicted molar refractivity (Wildman–Crippen MR) is 122 cm³/mol. The quantitative estimate of drug-likeness (QED) is 0.544. The maximum absolute atomic E-state index is 6.64. The van der Waals surface area contributed by atoms with Gasteiger partial charge in [-0.25, -0.2) is 0 Å². The summed E-state index contributed by atoms with van der Waals surface area (Å²) in [5, 5.41) is 2.32. The summed E-state index contributed by atoms with van der Waals surface area (Å²) in [4.78, 5) is 6.59. The van der Waals surface area contributed by atoms with Gasteiger partial charge in [0, 0.05) is 23.3 Å². The average molecular weight is 418 g/mol. The summed E-state index contributed by atoms with van der Waals surface area (Å²) in [5.41, 5.74) is 1.11. The van der Waals surface area contributed by atoms with Gasteiger partial charge in [0.1, 0.15) is 0 Å². The van der Waals surface area contributed by atoms with Gasteiger partial charge in [-0.3, -0.25) is 4.84 Å². The van der Waals surface area contributed by atoms with Crippen LogP contribution in [0.3, 0.4) is 0 Å². The van der Waals surface area contributed by atoms with Gasteiger partial charge in [-0.15, -0.1) is 0 Å². The average Bonchev–Trinajstić information content (AvgIpc) is 2.77. The highest BCUT2D eigenvalue weighted by atomic mass is 16.7. The SMILES string of the molecule is CCC1(C)COC2(CC(C)(CC)N(OCCc3ccccc3)C(C)(CC)C2C)OC1. The van der Waals surface area contributed by atoms with E-state index in [1.54, 1.807) is 0 Å². The minimum Gasteiger partial charge on any atom is -0.349 e. The standard InChI is InChI=1S/C26H43NO3/c1-8-23(5)19-28-26(29-20-23)18-24(6,9-2)27(25(7,10-3)21(26)4)30-17-16-22-14-12-11-13-15-22/h11-15,21H,8-10,16-20H2,1-7H3. The van der Waals surface area contributed by atoms with Crippen LogP contribution in [0.2, 0.25) is 0 Å². The molecule has 4 heteroatoms. The second kappa shape index (κ2) is 8.90. The van der Waals surface area contributed by atoms with Crippen LogP contribution in [0.1, 0.15) is 79.7 Å². The van der Waals surface area contributed by atoms with Gasteiger partial charge in [-0.2, -0.15) is 5.06 Å². The van der Waals surface area contributed by atoms with Crippen molar-refractivity contribution in [3.63, 3.8) is 0 Å². The maximum atomic E-state index is 6.64. The Hall–Kier alpha value is -0.940. The van der Waals surface area contributed by atoms with Crippen LogP contribution in [0.5, 0.6) is 0 Å². The molecule has 2 aliphatic rings. The monoisotopic (exact) mass is 417 g/mol. The molecule has 0 aromatic heterocycles. The van der Waals surface area contributed by atoms with Gasteiger partial charge in [0.2, 0.25) is 0 Å². The van der Waals surface area contributed by atoms with Crippen molar-refractivity contribution < 1.29 is 14.3 Å². The lowest BCUT2D eigenvalue weighted by Crippen LogP contribution is -2.73. The molecule has 2 aliphatic heterocycles. The van der Waals surface area contributed by atoms with Gasteiger partial charge in [0.15, 0.2) is 5.79 Å². The van der Waals surface area contributed by atoms with Gasteiger partial charge in [0.05, 0.1) is 25.4 Å². The molecule has 3 rings (SSSR count). The smallest absolute Gasteiger partial charge is 0.174 e. The molecule has 0 saturated carbocycles. The normalized spacial score (nSPS) is 40.0. The first kappa shape index (κ1) is 23.7. The molecule has 0 radical (unpaired) electrons. The molecule has 3 unspecified atom stereocenters. The highest BCUT2D eigenvalue weighted by Crippen LogP contribution is 2.54. The van der Waals surface area contributed by atoms with E-state index < -0.39 is 5.79 Å². The van der Waals surface area contributed by atoms with E-state index in [1.807, 2.05) is 0 Å². The lowest BCUT2D eigenvalue weighted by Gasteiger charge is -2.64. The van der Waals surface area contributed by atoms with E-state index in [2.05, 4.69) is 83.9 Å². The zero-order valence-corrected chi connectivity index (χ0v) is 20.3. The summed E-state index contributed by atoms with van der Waals surface area (Å²) in [6.45, 7) is 18.2. The van der Waals surface area contributed by atoms with E-state index in [-0.39, 0.29) is 22.4 Å². The summed E-state index contributed by atoms with van der Waals surface area (Å²) in [6.07, 6.45) is 4.79. The van der Waals surface area contributed by atoms with Gasteiger partial charge in [-0.1, -0.05) is 65.0 Å². The van der Waals surface area contributed by atoms with Crippen molar-refractivity contribution in [1.82, 2.24) is 5.06 Å². The molecule has 3 atom stereocenters. The summed E-state index contributed by atoms with van der Waals surface area (Å²) in [6, 6.07) is 10.6. The Bertz CT molecular complexity index is 685. The molecule has 1 spiro atoms. The molecule has 2 saturated heterocycles. The first-order chi connectivity index (χ1) is 14.2. The number of benzene rings is 1. The van der Waals surface area contributed by atoms with Crippen molar-refractivity contribution in [2.45, 2.75) is 97.4 Å². The molecule has 1 aromatic rings. The topological polar surface area (TPSA) is 30.9 Å². The van der Waals surface area contributed by atoms with Crippen LogP contribution >= 0.6 is 0 Å². The van der Waals surface area contributed by atoms with E-state index in [1.165, 1.54) is 5.56 Å². The van der Waals surface area contributed by atoms with E-state index in [9.17, 15) is 0 Å².